The number of aromatic nitrogens is 2. The van der Waals surface area contributed by atoms with Gasteiger partial charge in [-0.3, -0.25) is 9.48 Å². The number of nitrogens with one attached hydrogen (secondary N) is 1. The van der Waals surface area contributed by atoms with Crippen molar-refractivity contribution in [2.24, 2.45) is 5.73 Å². The standard InChI is InChI=1S/C11H20N4OS/c1-17-9-4-10(12)11(16)13-5-2-7-15-8-3-6-14-15/h3,6,8,10H,2,4-5,7,9,12H2,1H3,(H,13,16). The Hall–Kier alpha value is -1.01. The molecule has 0 radical (unpaired) electrons. The summed E-state index contributed by atoms with van der Waals surface area (Å²) in [7, 11) is 0. The highest BCUT2D eigenvalue weighted by Gasteiger charge is 2.11. The first-order valence-electron chi connectivity index (χ1n) is 5.73. The number of carbonyl (C=O) groups is 1. The van der Waals surface area contributed by atoms with E-state index in [0.29, 0.717) is 6.54 Å². The van der Waals surface area contributed by atoms with Crippen molar-refractivity contribution in [1.29, 1.82) is 0 Å². The third-order valence-corrected chi connectivity index (χ3v) is 3.04. The molecule has 1 atom stereocenters. The Bertz CT molecular complexity index is 315. The number of nitrogens with two attached hydrogens (primary N) is 1. The molecule has 1 rings (SSSR count). The highest BCUT2D eigenvalue weighted by Crippen LogP contribution is 1.98. The molecule has 1 heterocycles. The van der Waals surface area contributed by atoms with E-state index in [2.05, 4.69) is 10.4 Å². The molecule has 0 bridgehead atoms. The van der Waals surface area contributed by atoms with Gasteiger partial charge in [0.2, 0.25) is 5.91 Å². The Balaban J connectivity index is 2.07. The van der Waals surface area contributed by atoms with E-state index in [1.165, 1.54) is 0 Å². The number of nitrogens with zero attached hydrogens (tertiary/aromatic N) is 2. The molecule has 1 aromatic heterocycles. The van der Waals surface area contributed by atoms with Crippen molar-refractivity contribution >= 4 is 17.7 Å². The average Bonchev–Trinajstić information content (AvgIpc) is 2.84. The molecule has 17 heavy (non-hydrogen) atoms. The predicted octanol–water partition coefficient (Wildman–Crippen LogP) is 0.470. The molecule has 0 aliphatic heterocycles. The van der Waals surface area contributed by atoms with Crippen molar-refractivity contribution in [1.82, 2.24) is 15.1 Å². The van der Waals surface area contributed by atoms with Gasteiger partial charge < -0.3 is 11.1 Å². The van der Waals surface area contributed by atoms with Crippen LogP contribution in [0.4, 0.5) is 0 Å². The van der Waals surface area contributed by atoms with Crippen LogP contribution in [0.3, 0.4) is 0 Å². The van der Waals surface area contributed by atoms with Gasteiger partial charge in [0.05, 0.1) is 6.04 Å². The quantitative estimate of drug-likeness (QED) is 0.663. The SMILES string of the molecule is CSCCC(N)C(=O)NCCCn1cccn1. The Kier molecular flexibility index (Phi) is 6.73. The van der Waals surface area contributed by atoms with Gasteiger partial charge in [-0.1, -0.05) is 0 Å². The van der Waals surface area contributed by atoms with Gasteiger partial charge in [-0.2, -0.15) is 16.9 Å². The first-order valence-corrected chi connectivity index (χ1v) is 7.13. The van der Waals surface area contributed by atoms with Gasteiger partial charge in [0.15, 0.2) is 0 Å². The molecule has 1 aromatic rings. The van der Waals surface area contributed by atoms with Crippen molar-refractivity contribution in [3.8, 4) is 0 Å². The fraction of sp³-hybridized carbons (Fsp3) is 0.636. The zero-order valence-corrected chi connectivity index (χ0v) is 10.9. The van der Waals surface area contributed by atoms with Crippen LogP contribution in [0.15, 0.2) is 18.5 Å². The summed E-state index contributed by atoms with van der Waals surface area (Å²) in [4.78, 5) is 11.5. The van der Waals surface area contributed by atoms with Crippen LogP contribution in [-0.2, 0) is 11.3 Å². The number of hydrogen-bond donors (Lipinski definition) is 2. The lowest BCUT2D eigenvalue weighted by Crippen LogP contribution is -2.41. The lowest BCUT2D eigenvalue weighted by molar-refractivity contribution is -0.122. The van der Waals surface area contributed by atoms with Crippen LogP contribution in [0.5, 0.6) is 0 Å². The van der Waals surface area contributed by atoms with Crippen LogP contribution in [0.1, 0.15) is 12.8 Å². The molecule has 96 valence electrons. The maximum absolute atomic E-state index is 11.5. The minimum Gasteiger partial charge on any atom is -0.355 e. The normalized spacial score (nSPS) is 12.4. The predicted molar refractivity (Wildman–Crippen MR) is 70.8 cm³/mol. The second-order valence-corrected chi connectivity index (χ2v) is 4.79. The van der Waals surface area contributed by atoms with Gasteiger partial charge in [0.1, 0.15) is 0 Å². The summed E-state index contributed by atoms with van der Waals surface area (Å²) >= 11 is 1.70. The van der Waals surface area contributed by atoms with Crippen molar-refractivity contribution in [3.05, 3.63) is 18.5 Å². The van der Waals surface area contributed by atoms with Crippen LogP contribution in [-0.4, -0.2) is 40.3 Å². The van der Waals surface area contributed by atoms with E-state index < -0.39 is 0 Å². The van der Waals surface area contributed by atoms with E-state index in [1.807, 2.05) is 23.2 Å². The molecule has 0 fully saturated rings. The topological polar surface area (TPSA) is 72.9 Å². The molecule has 1 amide bonds. The van der Waals surface area contributed by atoms with E-state index in [0.717, 1.165) is 25.1 Å². The maximum Gasteiger partial charge on any atom is 0.236 e. The summed E-state index contributed by atoms with van der Waals surface area (Å²) in [6.07, 6.45) is 7.26. The van der Waals surface area contributed by atoms with Gasteiger partial charge in [0.25, 0.3) is 0 Å². The van der Waals surface area contributed by atoms with Crippen LogP contribution in [0.2, 0.25) is 0 Å². The number of carbonyl (C=O) groups excluding carboxylic acids is 1. The van der Waals surface area contributed by atoms with Gasteiger partial charge in [-0.15, -0.1) is 0 Å². The molecule has 3 N–H and O–H groups in total. The molecule has 0 aliphatic rings. The second kappa shape index (κ2) is 8.14. The van der Waals surface area contributed by atoms with Crippen molar-refractivity contribution in [2.75, 3.05) is 18.6 Å². The minimum absolute atomic E-state index is 0.0560. The van der Waals surface area contributed by atoms with Gasteiger partial charge in [-0.05, 0) is 30.9 Å². The maximum atomic E-state index is 11.5. The molecule has 0 aliphatic carbocycles. The largest absolute Gasteiger partial charge is 0.355 e. The number of aryl methyl sites for hydroxylation is 1. The number of thioether (sulfide) groups is 1. The minimum atomic E-state index is -0.382. The van der Waals surface area contributed by atoms with E-state index in [4.69, 9.17) is 5.73 Å². The molecule has 1 unspecified atom stereocenters. The van der Waals surface area contributed by atoms with Crippen molar-refractivity contribution in [3.63, 3.8) is 0 Å². The first kappa shape index (κ1) is 14.1. The van der Waals surface area contributed by atoms with Crippen LogP contribution in [0, 0.1) is 0 Å². The van der Waals surface area contributed by atoms with E-state index in [-0.39, 0.29) is 11.9 Å². The Morgan fingerprint density at radius 2 is 2.47 bits per heavy atom. The van der Waals surface area contributed by atoms with Crippen LogP contribution in [0.25, 0.3) is 0 Å². The zero-order chi connectivity index (χ0) is 12.5. The van der Waals surface area contributed by atoms with Crippen LogP contribution < -0.4 is 11.1 Å². The van der Waals surface area contributed by atoms with E-state index >= 15 is 0 Å². The molecular weight excluding hydrogens is 236 g/mol. The fourth-order valence-electron chi connectivity index (χ4n) is 1.39. The number of amides is 1. The lowest BCUT2D eigenvalue weighted by atomic mass is 10.2. The highest BCUT2D eigenvalue weighted by atomic mass is 32.2. The summed E-state index contributed by atoms with van der Waals surface area (Å²) in [5, 5.41) is 6.92. The zero-order valence-electron chi connectivity index (χ0n) is 10.1. The van der Waals surface area contributed by atoms with Gasteiger partial charge >= 0.3 is 0 Å². The second-order valence-electron chi connectivity index (χ2n) is 3.80. The van der Waals surface area contributed by atoms with Gasteiger partial charge in [0, 0.05) is 25.5 Å². The Morgan fingerprint density at radius 1 is 1.65 bits per heavy atom. The van der Waals surface area contributed by atoms with E-state index in [1.54, 1.807) is 18.0 Å². The Morgan fingerprint density at radius 3 is 3.12 bits per heavy atom. The molecular formula is C11H20N4OS. The molecule has 6 heteroatoms. The lowest BCUT2D eigenvalue weighted by Gasteiger charge is -2.11. The third-order valence-electron chi connectivity index (χ3n) is 2.39. The van der Waals surface area contributed by atoms with Crippen LogP contribution >= 0.6 is 11.8 Å². The van der Waals surface area contributed by atoms with Crippen molar-refractivity contribution < 1.29 is 4.79 Å². The number of rotatable bonds is 8. The molecule has 0 saturated heterocycles. The molecule has 0 saturated carbocycles. The monoisotopic (exact) mass is 256 g/mol. The summed E-state index contributed by atoms with van der Waals surface area (Å²) in [6, 6.07) is 1.50. The average molecular weight is 256 g/mol. The molecule has 0 aromatic carbocycles. The van der Waals surface area contributed by atoms with E-state index in [9.17, 15) is 4.79 Å². The van der Waals surface area contributed by atoms with Gasteiger partial charge in [-0.25, -0.2) is 0 Å². The summed E-state index contributed by atoms with van der Waals surface area (Å²) in [5.74, 6) is 0.863. The highest BCUT2D eigenvalue weighted by molar-refractivity contribution is 7.98. The summed E-state index contributed by atoms with van der Waals surface area (Å²) in [5.41, 5.74) is 5.74. The Labute approximate surface area is 106 Å². The molecule has 5 nitrogen and oxygen atoms in total. The third kappa shape index (κ3) is 5.74. The van der Waals surface area contributed by atoms with Crippen molar-refractivity contribution in [2.45, 2.75) is 25.4 Å². The smallest absolute Gasteiger partial charge is 0.236 e. The summed E-state index contributed by atoms with van der Waals surface area (Å²) in [6.45, 7) is 1.46. The fourth-order valence-corrected chi connectivity index (χ4v) is 1.88. The summed E-state index contributed by atoms with van der Waals surface area (Å²) < 4.78 is 1.85. The number of hydrogen-bond acceptors (Lipinski definition) is 4. The molecule has 0 spiro atoms. The first-order chi connectivity index (χ1) is 8.24.